The summed E-state index contributed by atoms with van der Waals surface area (Å²) < 4.78 is 2.06. The Bertz CT molecular complexity index is 2300. The van der Waals surface area contributed by atoms with Crippen LogP contribution in [0.5, 0.6) is 0 Å². The predicted octanol–water partition coefficient (Wildman–Crippen LogP) is 7.67. The number of para-hydroxylation sites is 3. The molecule has 4 aromatic heterocycles. The molecule has 222 valence electrons. The maximum absolute atomic E-state index is 13.6. The van der Waals surface area contributed by atoms with Gasteiger partial charge in [-0.25, -0.2) is 0 Å². The van der Waals surface area contributed by atoms with E-state index in [-0.39, 0.29) is 5.91 Å². The highest BCUT2D eigenvalue weighted by molar-refractivity contribution is 5.99. The minimum atomic E-state index is -0.532. The van der Waals surface area contributed by atoms with Gasteiger partial charge in [-0.05, 0) is 47.5 Å². The number of rotatable bonds is 8. The van der Waals surface area contributed by atoms with E-state index in [0.717, 1.165) is 49.7 Å². The molecule has 0 fully saturated rings. The summed E-state index contributed by atoms with van der Waals surface area (Å²) in [4.78, 5) is 24.7. The minimum Gasteiger partial charge on any atom is -0.361 e. The van der Waals surface area contributed by atoms with Crippen molar-refractivity contribution in [2.45, 2.75) is 12.5 Å². The molecule has 3 N–H and O–H groups in total. The van der Waals surface area contributed by atoms with Gasteiger partial charge in [0.2, 0.25) is 0 Å². The number of carbonyl (C=O) groups is 1. The van der Waals surface area contributed by atoms with Crippen LogP contribution in [0.3, 0.4) is 0 Å². The lowest BCUT2D eigenvalue weighted by Crippen LogP contribution is -2.32. The molecular weight excluding hydrogens is 570 g/mol. The van der Waals surface area contributed by atoms with Crippen LogP contribution in [0.25, 0.3) is 50.0 Å². The number of aromatic amines is 2. The van der Waals surface area contributed by atoms with Gasteiger partial charge in [-0.1, -0.05) is 84.9 Å². The van der Waals surface area contributed by atoms with Crippen LogP contribution >= 0.6 is 0 Å². The van der Waals surface area contributed by atoms with E-state index >= 15 is 0 Å². The molecule has 46 heavy (non-hydrogen) atoms. The summed E-state index contributed by atoms with van der Waals surface area (Å²) in [5.41, 5.74) is 7.42. The van der Waals surface area contributed by atoms with Gasteiger partial charge in [0, 0.05) is 63.6 Å². The first-order chi connectivity index (χ1) is 22.7. The lowest BCUT2D eigenvalue weighted by atomic mass is 9.98. The first-order valence-corrected chi connectivity index (χ1v) is 15.2. The molecule has 0 aliphatic rings. The highest BCUT2D eigenvalue weighted by atomic mass is 16.2. The van der Waals surface area contributed by atoms with Gasteiger partial charge in [-0.2, -0.15) is 0 Å². The van der Waals surface area contributed by atoms with Crippen LogP contribution in [0.1, 0.15) is 27.9 Å². The van der Waals surface area contributed by atoms with Crippen molar-refractivity contribution in [3.63, 3.8) is 0 Å². The molecule has 4 heterocycles. The van der Waals surface area contributed by atoms with Gasteiger partial charge in [0.25, 0.3) is 5.91 Å². The molecule has 8 heteroatoms. The summed E-state index contributed by atoms with van der Waals surface area (Å²) >= 11 is 0. The van der Waals surface area contributed by atoms with Gasteiger partial charge in [-0.15, -0.1) is 10.2 Å². The van der Waals surface area contributed by atoms with Crippen molar-refractivity contribution >= 4 is 27.7 Å². The molecular formula is C38H29N7O. The number of benzene rings is 4. The van der Waals surface area contributed by atoms with E-state index in [2.05, 4.69) is 55.2 Å². The third-order valence-electron chi connectivity index (χ3n) is 8.36. The molecule has 8 nitrogen and oxygen atoms in total. The second kappa shape index (κ2) is 11.7. The number of pyridine rings is 1. The number of nitrogens with one attached hydrogen (secondary N) is 3. The lowest BCUT2D eigenvalue weighted by Gasteiger charge is -2.20. The SMILES string of the molecule is O=C(N[C@H](Cc1c[nH]c2ccccc12)c1nnc(-c2ccccc2-c2c[nH]c3ccccc23)n1-c1ccccc1)c1ccccn1. The molecule has 0 radical (unpaired) electrons. The van der Waals surface area contributed by atoms with Crippen molar-refractivity contribution in [3.05, 3.63) is 157 Å². The summed E-state index contributed by atoms with van der Waals surface area (Å²) in [5.74, 6) is 1.01. The quantitative estimate of drug-likeness (QED) is 0.167. The first-order valence-electron chi connectivity index (χ1n) is 15.2. The topological polar surface area (TPSA) is 104 Å². The zero-order chi connectivity index (χ0) is 30.9. The Morgan fingerprint density at radius 1 is 0.674 bits per heavy atom. The molecule has 0 aliphatic carbocycles. The second-order valence-electron chi connectivity index (χ2n) is 11.2. The molecule has 1 atom stereocenters. The number of hydrogen-bond donors (Lipinski definition) is 3. The number of fused-ring (bicyclic) bond motifs is 2. The third-order valence-corrected chi connectivity index (χ3v) is 8.36. The summed E-state index contributed by atoms with van der Waals surface area (Å²) in [6.07, 6.45) is 6.15. The van der Waals surface area contributed by atoms with E-state index in [1.165, 1.54) is 0 Å². The molecule has 8 aromatic rings. The van der Waals surface area contributed by atoms with Gasteiger partial charge in [0.15, 0.2) is 11.6 Å². The zero-order valence-corrected chi connectivity index (χ0v) is 24.8. The van der Waals surface area contributed by atoms with Gasteiger partial charge in [-0.3, -0.25) is 14.3 Å². The van der Waals surface area contributed by atoms with Crippen molar-refractivity contribution in [1.82, 2.24) is 35.0 Å². The van der Waals surface area contributed by atoms with Crippen LogP contribution in [0.15, 0.2) is 140 Å². The van der Waals surface area contributed by atoms with Crippen molar-refractivity contribution in [3.8, 4) is 28.2 Å². The molecule has 0 saturated heterocycles. The first kappa shape index (κ1) is 27.3. The Morgan fingerprint density at radius 3 is 2.15 bits per heavy atom. The van der Waals surface area contributed by atoms with E-state index in [4.69, 9.17) is 10.2 Å². The van der Waals surface area contributed by atoms with Crippen molar-refractivity contribution in [2.75, 3.05) is 0 Å². The van der Waals surface area contributed by atoms with Crippen LogP contribution in [0.4, 0.5) is 0 Å². The van der Waals surface area contributed by atoms with Gasteiger partial charge >= 0.3 is 0 Å². The number of amides is 1. The smallest absolute Gasteiger partial charge is 0.270 e. The van der Waals surface area contributed by atoms with Crippen LogP contribution in [-0.2, 0) is 6.42 Å². The average Bonchev–Trinajstić information content (AvgIpc) is 3.86. The fraction of sp³-hybridized carbons (Fsp3) is 0.0526. The fourth-order valence-electron chi connectivity index (χ4n) is 6.19. The van der Waals surface area contributed by atoms with Crippen molar-refractivity contribution < 1.29 is 4.79 Å². The Balaban J connectivity index is 1.31. The molecule has 0 bridgehead atoms. The molecule has 0 aliphatic heterocycles. The van der Waals surface area contributed by atoms with Crippen molar-refractivity contribution in [1.29, 1.82) is 0 Å². The Kier molecular flexibility index (Phi) is 6.92. The van der Waals surface area contributed by atoms with Gasteiger partial charge < -0.3 is 15.3 Å². The minimum absolute atomic E-state index is 0.284. The number of nitrogens with zero attached hydrogens (tertiary/aromatic N) is 4. The highest BCUT2D eigenvalue weighted by Gasteiger charge is 2.28. The van der Waals surface area contributed by atoms with E-state index in [1.54, 1.807) is 18.3 Å². The number of hydrogen-bond acceptors (Lipinski definition) is 4. The number of H-pyrrole nitrogens is 2. The van der Waals surface area contributed by atoms with E-state index in [0.29, 0.717) is 23.8 Å². The number of aromatic nitrogens is 6. The van der Waals surface area contributed by atoms with Gasteiger partial charge in [0.05, 0.1) is 6.04 Å². The van der Waals surface area contributed by atoms with Crippen molar-refractivity contribution in [2.24, 2.45) is 0 Å². The lowest BCUT2D eigenvalue weighted by molar-refractivity contribution is 0.0929. The molecule has 8 rings (SSSR count). The number of carbonyl (C=O) groups excluding carboxylic acids is 1. The van der Waals surface area contributed by atoms with Crippen LogP contribution in [-0.4, -0.2) is 35.6 Å². The van der Waals surface area contributed by atoms with E-state index in [1.807, 2.05) is 91.3 Å². The average molecular weight is 600 g/mol. The second-order valence-corrected chi connectivity index (χ2v) is 11.2. The Hall–Kier alpha value is -6.28. The monoisotopic (exact) mass is 599 g/mol. The van der Waals surface area contributed by atoms with E-state index in [9.17, 15) is 4.79 Å². The predicted molar refractivity (Wildman–Crippen MR) is 181 cm³/mol. The van der Waals surface area contributed by atoms with Crippen LogP contribution < -0.4 is 5.32 Å². The molecule has 0 spiro atoms. The molecule has 1 amide bonds. The molecule has 0 saturated carbocycles. The van der Waals surface area contributed by atoms with Crippen LogP contribution in [0.2, 0.25) is 0 Å². The summed E-state index contributed by atoms with van der Waals surface area (Å²) in [6, 6.07) is 39.5. The summed E-state index contributed by atoms with van der Waals surface area (Å²) in [7, 11) is 0. The third kappa shape index (κ3) is 4.92. The summed E-state index contributed by atoms with van der Waals surface area (Å²) in [6.45, 7) is 0. The standard InChI is InChI=1S/C38H29N7O/c46-38(34-20-10-11-21-39-34)42-35(22-25-23-40-32-18-8-6-14-27(25)32)37-44-43-36(45(37)26-12-2-1-3-13-26)30-17-5-4-15-28(30)31-24-41-33-19-9-7-16-29(31)33/h1-21,23-24,35,40-41H,22H2,(H,42,46)/t35-/m1/s1. The van der Waals surface area contributed by atoms with Crippen LogP contribution in [0, 0.1) is 0 Å². The van der Waals surface area contributed by atoms with E-state index < -0.39 is 6.04 Å². The fourth-order valence-corrected chi connectivity index (χ4v) is 6.19. The Labute approximate surface area is 264 Å². The molecule has 4 aromatic carbocycles. The Morgan fingerprint density at radius 2 is 1.35 bits per heavy atom. The largest absolute Gasteiger partial charge is 0.361 e. The maximum atomic E-state index is 13.6. The normalized spacial score (nSPS) is 12.0. The summed E-state index contributed by atoms with van der Waals surface area (Å²) in [5, 5.41) is 15.1. The highest BCUT2D eigenvalue weighted by Crippen LogP contribution is 2.37. The zero-order valence-electron chi connectivity index (χ0n) is 24.8. The molecule has 0 unspecified atom stereocenters. The maximum Gasteiger partial charge on any atom is 0.270 e. The van der Waals surface area contributed by atoms with Gasteiger partial charge in [0.1, 0.15) is 5.69 Å².